The third-order valence-electron chi connectivity index (χ3n) is 14.4. The molecule has 8 N–H and O–H groups in total. The first-order valence-corrected chi connectivity index (χ1v) is 21.7. The molecule has 9 unspecified atom stereocenters. The van der Waals surface area contributed by atoms with E-state index in [1.807, 2.05) is 4.90 Å². The number of hydrogen-bond acceptors (Lipinski definition) is 7. The second kappa shape index (κ2) is 20.8. The molecule has 3 fully saturated rings. The number of unbranched alkanes of at least 4 members (excludes halogenated alkanes) is 1. The second-order valence-corrected chi connectivity index (χ2v) is 18.3. The quantitative estimate of drug-likeness (QED) is 0.0589. The van der Waals surface area contributed by atoms with Crippen LogP contribution >= 0.6 is 0 Å². The average Bonchev–Trinajstić information content (AvgIpc) is 3.48. The zero-order valence-corrected chi connectivity index (χ0v) is 34.1. The summed E-state index contributed by atoms with van der Waals surface area (Å²) in [4.78, 5) is 29.1. The molecular weight excluding hydrogens is 649 g/mol. The van der Waals surface area contributed by atoms with E-state index in [0.717, 1.165) is 93.5 Å². The van der Waals surface area contributed by atoms with Crippen LogP contribution in [0.25, 0.3) is 0 Å². The summed E-state index contributed by atoms with van der Waals surface area (Å²) in [6.07, 6.45) is 20.2. The van der Waals surface area contributed by atoms with Gasteiger partial charge in [0, 0.05) is 19.5 Å². The number of ether oxygens (including phenoxy) is 1. The van der Waals surface area contributed by atoms with Crippen molar-refractivity contribution in [3.8, 4) is 0 Å². The zero-order chi connectivity index (χ0) is 37.7. The largest absolute Gasteiger partial charge is 0.446 e. The molecule has 2 amide bonds. The average molecular weight is 729 g/mol. The van der Waals surface area contributed by atoms with Crippen LogP contribution < -0.4 is 27.8 Å². The Bertz CT molecular complexity index is 1130. The highest BCUT2D eigenvalue weighted by atomic mass is 16.6. The predicted molar refractivity (Wildman–Crippen MR) is 215 cm³/mol. The number of amides is 2. The van der Waals surface area contributed by atoms with E-state index in [1.54, 1.807) is 0 Å². The van der Waals surface area contributed by atoms with Crippen molar-refractivity contribution in [1.29, 1.82) is 0 Å². The van der Waals surface area contributed by atoms with Crippen molar-refractivity contribution in [2.45, 2.75) is 156 Å². The third-order valence-corrected chi connectivity index (χ3v) is 14.4. The Hall–Kier alpha value is -1.68. The lowest BCUT2D eigenvalue weighted by Crippen LogP contribution is -2.52. The molecule has 4 aliphatic rings. The van der Waals surface area contributed by atoms with Crippen LogP contribution in [0.3, 0.4) is 0 Å². The van der Waals surface area contributed by atoms with Crippen molar-refractivity contribution in [3.05, 3.63) is 11.6 Å². The zero-order valence-electron chi connectivity index (χ0n) is 34.1. The van der Waals surface area contributed by atoms with Crippen molar-refractivity contribution in [2.75, 3.05) is 45.8 Å². The number of fused-ring (bicyclic) bond motifs is 5. The van der Waals surface area contributed by atoms with Crippen LogP contribution in [-0.2, 0) is 9.53 Å². The highest BCUT2D eigenvalue weighted by molar-refractivity contribution is 5.85. The molecule has 0 aromatic carbocycles. The summed E-state index contributed by atoms with van der Waals surface area (Å²) < 4.78 is 6.13. The number of allylic oxidation sites excluding steroid dienone is 1. The molecule has 0 radical (unpaired) electrons. The van der Waals surface area contributed by atoms with Gasteiger partial charge < -0.3 is 37.5 Å². The van der Waals surface area contributed by atoms with E-state index >= 15 is 0 Å². The number of nitrogens with one attached hydrogen (secondary N) is 2. The van der Waals surface area contributed by atoms with Crippen LogP contribution in [0.5, 0.6) is 0 Å². The standard InChI is InChI=1S/C43H80N6O3/c1-31(2)12-8-13-32(3)36-17-18-37-35-16-15-33-30-34(19-21-42(33,4)38(35)20-22-43(36,37)5)52-41(51)48-39(14-9-23-44)40(50)49(29-11-25-46)28-7-6-26-47-27-10-24-45/h15,31-32,34-39,47H,6-14,16-30,44-46H2,1-5H3,(H,48,51). The third kappa shape index (κ3) is 11.0. The molecule has 4 aliphatic carbocycles. The smallest absolute Gasteiger partial charge is 0.408 e. The monoisotopic (exact) mass is 729 g/mol. The minimum atomic E-state index is -0.648. The van der Waals surface area contributed by atoms with Crippen molar-refractivity contribution in [2.24, 2.45) is 63.5 Å². The topological polar surface area (TPSA) is 149 Å². The van der Waals surface area contributed by atoms with Crippen LogP contribution in [0.15, 0.2) is 11.6 Å². The molecule has 0 heterocycles. The van der Waals surface area contributed by atoms with Gasteiger partial charge in [-0.3, -0.25) is 4.79 Å². The molecule has 0 aromatic rings. The molecule has 4 rings (SSSR count). The lowest BCUT2D eigenvalue weighted by Gasteiger charge is -2.58. The Morgan fingerprint density at radius 3 is 2.31 bits per heavy atom. The SMILES string of the molecule is CC(C)CCCC(C)C1CCC2C3CC=C4CC(OC(=O)NC(CCCN)C(=O)N(CCCN)CCCCNCCCN)CCC4(C)C3CCC12C. The maximum atomic E-state index is 13.8. The van der Waals surface area contributed by atoms with E-state index < -0.39 is 12.1 Å². The van der Waals surface area contributed by atoms with E-state index in [1.165, 1.54) is 56.9 Å². The summed E-state index contributed by atoms with van der Waals surface area (Å²) in [7, 11) is 0. The van der Waals surface area contributed by atoms with Crippen molar-refractivity contribution in [3.63, 3.8) is 0 Å². The van der Waals surface area contributed by atoms with Crippen LogP contribution in [0, 0.1) is 46.3 Å². The molecular formula is C43H80N6O3. The van der Waals surface area contributed by atoms with Gasteiger partial charge in [-0.25, -0.2) is 4.79 Å². The molecule has 0 aliphatic heterocycles. The van der Waals surface area contributed by atoms with Gasteiger partial charge in [0.25, 0.3) is 0 Å². The van der Waals surface area contributed by atoms with Gasteiger partial charge in [-0.1, -0.05) is 65.5 Å². The van der Waals surface area contributed by atoms with Crippen LogP contribution in [0.2, 0.25) is 0 Å². The Balaban J connectivity index is 1.33. The van der Waals surface area contributed by atoms with Gasteiger partial charge in [0.2, 0.25) is 5.91 Å². The number of hydrogen-bond donors (Lipinski definition) is 5. The summed E-state index contributed by atoms with van der Waals surface area (Å²) in [6, 6.07) is -0.648. The van der Waals surface area contributed by atoms with Gasteiger partial charge in [0.05, 0.1) is 0 Å². The first-order valence-electron chi connectivity index (χ1n) is 21.7. The molecule has 0 aromatic heterocycles. The number of carbonyl (C=O) groups is 2. The lowest BCUT2D eigenvalue weighted by molar-refractivity contribution is -0.133. The van der Waals surface area contributed by atoms with Crippen molar-refractivity contribution >= 4 is 12.0 Å². The number of rotatable bonds is 22. The normalized spacial score (nSPS) is 30.9. The maximum Gasteiger partial charge on any atom is 0.408 e. The fourth-order valence-electron chi connectivity index (χ4n) is 11.4. The molecule has 52 heavy (non-hydrogen) atoms. The Kier molecular flexibility index (Phi) is 17.3. The van der Waals surface area contributed by atoms with Crippen LogP contribution in [0.1, 0.15) is 144 Å². The van der Waals surface area contributed by atoms with Gasteiger partial charge in [0.1, 0.15) is 12.1 Å². The van der Waals surface area contributed by atoms with Gasteiger partial charge in [-0.2, -0.15) is 0 Å². The first-order chi connectivity index (χ1) is 25.0. The Morgan fingerprint density at radius 1 is 0.846 bits per heavy atom. The molecule has 300 valence electrons. The summed E-state index contributed by atoms with van der Waals surface area (Å²) >= 11 is 0. The van der Waals surface area contributed by atoms with E-state index in [9.17, 15) is 9.59 Å². The van der Waals surface area contributed by atoms with Gasteiger partial charge in [0.15, 0.2) is 0 Å². The molecule has 9 nitrogen and oxygen atoms in total. The predicted octanol–water partition coefficient (Wildman–Crippen LogP) is 7.13. The molecule has 0 spiro atoms. The highest BCUT2D eigenvalue weighted by Gasteiger charge is 2.59. The number of nitrogens with two attached hydrogens (primary N) is 3. The Morgan fingerprint density at radius 2 is 1.58 bits per heavy atom. The summed E-state index contributed by atoms with van der Waals surface area (Å²) in [5.74, 6) is 4.79. The van der Waals surface area contributed by atoms with E-state index in [-0.39, 0.29) is 17.4 Å². The van der Waals surface area contributed by atoms with E-state index in [0.29, 0.717) is 51.0 Å². The Labute approximate surface area is 318 Å². The van der Waals surface area contributed by atoms with Crippen molar-refractivity contribution < 1.29 is 14.3 Å². The molecule has 0 bridgehead atoms. The second-order valence-electron chi connectivity index (χ2n) is 18.3. The van der Waals surface area contributed by atoms with Gasteiger partial charge in [-0.05, 0) is 163 Å². The minimum absolute atomic E-state index is 0.0596. The molecule has 0 saturated heterocycles. The number of carbonyl (C=O) groups excluding carboxylic acids is 2. The fraction of sp³-hybridized carbons (Fsp3) is 0.907. The molecule has 9 heteroatoms. The number of alkyl carbamates (subject to hydrolysis) is 1. The van der Waals surface area contributed by atoms with Crippen LogP contribution in [0.4, 0.5) is 4.79 Å². The first kappa shape index (κ1) is 43.1. The van der Waals surface area contributed by atoms with E-state index in [4.69, 9.17) is 21.9 Å². The summed E-state index contributed by atoms with van der Waals surface area (Å²) in [5, 5.41) is 6.39. The minimum Gasteiger partial charge on any atom is -0.446 e. The number of nitrogens with zero attached hydrogens (tertiary/aromatic N) is 1. The van der Waals surface area contributed by atoms with Crippen LogP contribution in [-0.4, -0.2) is 74.9 Å². The maximum absolute atomic E-state index is 13.8. The van der Waals surface area contributed by atoms with Crippen molar-refractivity contribution in [1.82, 2.24) is 15.5 Å². The lowest BCUT2D eigenvalue weighted by atomic mass is 9.47. The fourth-order valence-corrected chi connectivity index (χ4v) is 11.4. The molecule has 3 saturated carbocycles. The summed E-state index contributed by atoms with van der Waals surface area (Å²) in [6.45, 7) is 17.2. The van der Waals surface area contributed by atoms with Gasteiger partial charge >= 0.3 is 6.09 Å². The molecule has 9 atom stereocenters. The van der Waals surface area contributed by atoms with E-state index in [2.05, 4.69) is 51.3 Å². The summed E-state index contributed by atoms with van der Waals surface area (Å²) in [5.41, 5.74) is 19.5. The van der Waals surface area contributed by atoms with Gasteiger partial charge in [-0.15, -0.1) is 0 Å². The highest BCUT2D eigenvalue weighted by Crippen LogP contribution is 2.67.